The second-order valence-electron chi connectivity index (χ2n) is 3.56. The summed E-state index contributed by atoms with van der Waals surface area (Å²) in [4.78, 5) is 15.1. The van der Waals surface area contributed by atoms with Crippen LogP contribution in [0.5, 0.6) is 0 Å². The van der Waals surface area contributed by atoms with E-state index in [2.05, 4.69) is 4.98 Å². The molecule has 0 bridgehead atoms. The van der Waals surface area contributed by atoms with E-state index in [0.29, 0.717) is 11.5 Å². The Labute approximate surface area is 77.0 Å². The highest BCUT2D eigenvalue weighted by Crippen LogP contribution is 2.39. The van der Waals surface area contributed by atoms with Crippen molar-refractivity contribution < 1.29 is 4.79 Å². The van der Waals surface area contributed by atoms with Crippen LogP contribution < -0.4 is 5.73 Å². The molecule has 0 spiro atoms. The van der Waals surface area contributed by atoms with Crippen LogP contribution in [0, 0.1) is 6.92 Å². The minimum Gasteiger partial charge on any atom is -0.366 e. The van der Waals surface area contributed by atoms with Gasteiger partial charge in [0.2, 0.25) is 0 Å². The third-order valence-corrected chi connectivity index (χ3v) is 2.39. The summed E-state index contributed by atoms with van der Waals surface area (Å²) in [6, 6.07) is 1.97. The zero-order valence-electron chi connectivity index (χ0n) is 7.58. The van der Waals surface area contributed by atoms with E-state index in [4.69, 9.17) is 5.73 Å². The SMILES string of the molecule is Cc1cc(C2CC2)ncc1C(N)=O. The molecule has 0 atom stereocenters. The Morgan fingerprint density at radius 1 is 1.62 bits per heavy atom. The highest BCUT2D eigenvalue weighted by Gasteiger charge is 2.25. The molecule has 0 aromatic carbocycles. The lowest BCUT2D eigenvalue weighted by atomic mass is 10.1. The van der Waals surface area contributed by atoms with Crippen LogP contribution in [0.1, 0.15) is 40.4 Å². The van der Waals surface area contributed by atoms with Crippen LogP contribution in [0.25, 0.3) is 0 Å². The number of aryl methyl sites for hydroxylation is 1. The molecule has 1 aromatic heterocycles. The van der Waals surface area contributed by atoms with Gasteiger partial charge in [0, 0.05) is 17.8 Å². The number of aromatic nitrogens is 1. The number of carbonyl (C=O) groups excluding carboxylic acids is 1. The minimum atomic E-state index is -0.396. The van der Waals surface area contributed by atoms with Gasteiger partial charge in [-0.3, -0.25) is 9.78 Å². The highest BCUT2D eigenvalue weighted by atomic mass is 16.1. The number of nitrogens with two attached hydrogens (primary N) is 1. The molecule has 2 N–H and O–H groups in total. The van der Waals surface area contributed by atoms with Gasteiger partial charge in [-0.25, -0.2) is 0 Å². The summed E-state index contributed by atoms with van der Waals surface area (Å²) in [5.41, 5.74) is 7.74. The number of primary amides is 1. The Hall–Kier alpha value is -1.38. The summed E-state index contributed by atoms with van der Waals surface area (Å²) in [6.45, 7) is 1.90. The van der Waals surface area contributed by atoms with Crippen LogP contribution in [-0.4, -0.2) is 10.9 Å². The molecule has 1 amide bonds. The molecule has 3 heteroatoms. The van der Waals surface area contributed by atoms with Crippen molar-refractivity contribution in [1.29, 1.82) is 0 Å². The predicted octanol–water partition coefficient (Wildman–Crippen LogP) is 1.37. The van der Waals surface area contributed by atoms with E-state index in [1.54, 1.807) is 6.20 Å². The van der Waals surface area contributed by atoms with Gasteiger partial charge in [0.05, 0.1) is 5.56 Å². The molecule has 3 nitrogen and oxygen atoms in total. The van der Waals surface area contributed by atoms with Crippen LogP contribution in [0.4, 0.5) is 0 Å². The standard InChI is InChI=1S/C10H12N2O/c1-6-4-9(7-2-3-7)12-5-8(6)10(11)13/h4-5,7H,2-3H2,1H3,(H2,11,13). The van der Waals surface area contributed by atoms with E-state index in [1.165, 1.54) is 12.8 Å². The van der Waals surface area contributed by atoms with Crippen LogP contribution in [-0.2, 0) is 0 Å². The number of amides is 1. The topological polar surface area (TPSA) is 56.0 Å². The van der Waals surface area contributed by atoms with Crippen molar-refractivity contribution in [2.45, 2.75) is 25.7 Å². The molecule has 1 aliphatic rings. The van der Waals surface area contributed by atoms with Gasteiger partial charge in [0.15, 0.2) is 0 Å². The second kappa shape index (κ2) is 2.83. The largest absolute Gasteiger partial charge is 0.366 e. The normalized spacial score (nSPS) is 15.8. The molecule has 1 aromatic rings. The summed E-state index contributed by atoms with van der Waals surface area (Å²) in [6.07, 6.45) is 4.04. The van der Waals surface area contributed by atoms with E-state index in [0.717, 1.165) is 11.3 Å². The molecular weight excluding hydrogens is 164 g/mol. The van der Waals surface area contributed by atoms with Crippen molar-refractivity contribution in [3.05, 3.63) is 29.1 Å². The number of rotatable bonds is 2. The van der Waals surface area contributed by atoms with Gasteiger partial charge in [-0.05, 0) is 31.4 Å². The highest BCUT2D eigenvalue weighted by molar-refractivity contribution is 5.93. The number of hydrogen-bond acceptors (Lipinski definition) is 2. The second-order valence-corrected chi connectivity index (χ2v) is 3.56. The Morgan fingerprint density at radius 3 is 2.77 bits per heavy atom. The molecule has 0 aliphatic heterocycles. The van der Waals surface area contributed by atoms with Gasteiger partial charge in [-0.15, -0.1) is 0 Å². The van der Waals surface area contributed by atoms with Gasteiger partial charge in [0.25, 0.3) is 5.91 Å². The molecule has 0 unspecified atom stereocenters. The Morgan fingerprint density at radius 2 is 2.31 bits per heavy atom. The summed E-state index contributed by atoms with van der Waals surface area (Å²) >= 11 is 0. The fourth-order valence-corrected chi connectivity index (χ4v) is 1.44. The maximum atomic E-state index is 10.9. The lowest BCUT2D eigenvalue weighted by molar-refractivity contribution is 0.0999. The van der Waals surface area contributed by atoms with Crippen molar-refractivity contribution in [2.24, 2.45) is 5.73 Å². The smallest absolute Gasteiger partial charge is 0.250 e. The third-order valence-electron chi connectivity index (χ3n) is 2.39. The summed E-state index contributed by atoms with van der Waals surface area (Å²) in [5, 5.41) is 0. The Bertz CT molecular complexity index is 356. The van der Waals surface area contributed by atoms with Crippen LogP contribution >= 0.6 is 0 Å². The first-order chi connectivity index (χ1) is 6.18. The van der Waals surface area contributed by atoms with E-state index in [9.17, 15) is 4.79 Å². The zero-order valence-corrected chi connectivity index (χ0v) is 7.58. The van der Waals surface area contributed by atoms with Gasteiger partial charge in [0.1, 0.15) is 0 Å². The van der Waals surface area contributed by atoms with Gasteiger partial charge in [-0.2, -0.15) is 0 Å². The predicted molar refractivity (Wildman–Crippen MR) is 49.5 cm³/mol. The lowest BCUT2D eigenvalue weighted by Gasteiger charge is -2.03. The maximum absolute atomic E-state index is 10.9. The summed E-state index contributed by atoms with van der Waals surface area (Å²) in [5.74, 6) is 0.230. The molecule has 1 heterocycles. The van der Waals surface area contributed by atoms with Crippen molar-refractivity contribution >= 4 is 5.91 Å². The first kappa shape index (κ1) is 8.23. The molecule has 13 heavy (non-hydrogen) atoms. The van der Waals surface area contributed by atoms with Gasteiger partial charge >= 0.3 is 0 Å². The minimum absolute atomic E-state index is 0.396. The van der Waals surface area contributed by atoms with Gasteiger partial charge in [-0.1, -0.05) is 0 Å². The van der Waals surface area contributed by atoms with E-state index >= 15 is 0 Å². The lowest BCUT2D eigenvalue weighted by Crippen LogP contribution is -2.13. The average molecular weight is 176 g/mol. The Balaban J connectivity index is 2.36. The van der Waals surface area contributed by atoms with E-state index in [-0.39, 0.29) is 0 Å². The molecular formula is C10H12N2O. The molecule has 2 rings (SSSR count). The van der Waals surface area contributed by atoms with Crippen molar-refractivity contribution in [2.75, 3.05) is 0 Å². The summed E-state index contributed by atoms with van der Waals surface area (Å²) in [7, 11) is 0. The van der Waals surface area contributed by atoms with Crippen molar-refractivity contribution in [3.63, 3.8) is 0 Å². The van der Waals surface area contributed by atoms with E-state index < -0.39 is 5.91 Å². The Kier molecular flexibility index (Phi) is 1.79. The van der Waals surface area contributed by atoms with Crippen LogP contribution in [0.15, 0.2) is 12.3 Å². The molecule has 0 saturated heterocycles. The van der Waals surface area contributed by atoms with Crippen molar-refractivity contribution in [3.8, 4) is 0 Å². The monoisotopic (exact) mass is 176 g/mol. The summed E-state index contributed by atoms with van der Waals surface area (Å²) < 4.78 is 0. The first-order valence-corrected chi connectivity index (χ1v) is 4.45. The fourth-order valence-electron chi connectivity index (χ4n) is 1.44. The molecule has 1 saturated carbocycles. The number of pyridine rings is 1. The van der Waals surface area contributed by atoms with Gasteiger partial charge < -0.3 is 5.73 Å². The van der Waals surface area contributed by atoms with E-state index in [1.807, 2.05) is 13.0 Å². The maximum Gasteiger partial charge on any atom is 0.250 e. The number of hydrogen-bond donors (Lipinski definition) is 1. The molecule has 68 valence electrons. The number of carbonyl (C=O) groups is 1. The first-order valence-electron chi connectivity index (χ1n) is 4.45. The quantitative estimate of drug-likeness (QED) is 0.739. The van der Waals surface area contributed by atoms with Crippen LogP contribution in [0.2, 0.25) is 0 Å². The van der Waals surface area contributed by atoms with Crippen LogP contribution in [0.3, 0.4) is 0 Å². The fraction of sp³-hybridized carbons (Fsp3) is 0.400. The molecule has 1 aliphatic carbocycles. The molecule has 0 radical (unpaired) electrons. The average Bonchev–Trinajstić information content (AvgIpc) is 2.85. The zero-order chi connectivity index (χ0) is 9.42. The van der Waals surface area contributed by atoms with Crippen molar-refractivity contribution in [1.82, 2.24) is 4.98 Å². The molecule has 1 fully saturated rings. The third kappa shape index (κ3) is 1.54. The number of nitrogens with zero attached hydrogens (tertiary/aromatic N) is 1.